The smallest absolute Gasteiger partial charge is 0.119 e. The molecule has 0 aliphatic carbocycles. The van der Waals surface area contributed by atoms with Crippen molar-refractivity contribution < 1.29 is 9.47 Å². The van der Waals surface area contributed by atoms with Crippen LogP contribution in [0.3, 0.4) is 0 Å². The van der Waals surface area contributed by atoms with Crippen LogP contribution < -0.4 is 10.1 Å². The summed E-state index contributed by atoms with van der Waals surface area (Å²) < 4.78 is 10.7. The van der Waals surface area contributed by atoms with E-state index in [4.69, 9.17) is 9.47 Å². The molecular weight excluding hydrogens is 294 g/mol. The summed E-state index contributed by atoms with van der Waals surface area (Å²) >= 11 is 1.76. The number of methoxy groups -OCH3 is 1. The molecule has 4 heteroatoms. The van der Waals surface area contributed by atoms with Crippen molar-refractivity contribution in [1.29, 1.82) is 0 Å². The van der Waals surface area contributed by atoms with Gasteiger partial charge in [0.2, 0.25) is 0 Å². The van der Waals surface area contributed by atoms with Crippen LogP contribution in [-0.2, 0) is 10.3 Å². The van der Waals surface area contributed by atoms with E-state index in [1.54, 1.807) is 18.4 Å². The summed E-state index contributed by atoms with van der Waals surface area (Å²) in [5, 5.41) is 8.20. The van der Waals surface area contributed by atoms with E-state index in [0.717, 1.165) is 18.7 Å². The number of hydrogen-bond donors (Lipinski definition) is 1. The first kappa shape index (κ1) is 15.5. The van der Waals surface area contributed by atoms with Crippen molar-refractivity contribution >= 4 is 11.3 Å². The van der Waals surface area contributed by atoms with E-state index in [1.807, 2.05) is 0 Å². The first-order valence-electron chi connectivity index (χ1n) is 7.85. The Hall–Kier alpha value is -1.36. The maximum Gasteiger partial charge on any atom is 0.119 e. The van der Waals surface area contributed by atoms with E-state index in [9.17, 15) is 0 Å². The topological polar surface area (TPSA) is 30.5 Å². The van der Waals surface area contributed by atoms with E-state index >= 15 is 0 Å². The van der Waals surface area contributed by atoms with Gasteiger partial charge in [-0.1, -0.05) is 12.1 Å². The molecule has 0 amide bonds. The van der Waals surface area contributed by atoms with Crippen LogP contribution in [0.4, 0.5) is 0 Å². The zero-order chi connectivity index (χ0) is 15.3. The van der Waals surface area contributed by atoms with Crippen LogP contribution in [0.5, 0.6) is 5.75 Å². The molecule has 0 spiro atoms. The molecule has 1 unspecified atom stereocenters. The molecule has 2 aromatic rings. The van der Waals surface area contributed by atoms with Crippen molar-refractivity contribution in [3.05, 3.63) is 52.2 Å². The fourth-order valence-corrected chi connectivity index (χ4v) is 3.88. The largest absolute Gasteiger partial charge is 0.491 e. The quantitative estimate of drug-likeness (QED) is 0.822. The Balaban J connectivity index is 1.82. The molecule has 3 rings (SSSR count). The molecule has 0 saturated carbocycles. The lowest BCUT2D eigenvalue weighted by atomic mass is 9.78. The van der Waals surface area contributed by atoms with Gasteiger partial charge in [-0.15, -0.1) is 0 Å². The highest BCUT2D eigenvalue weighted by Crippen LogP contribution is 2.38. The molecule has 0 bridgehead atoms. The molecule has 1 aromatic carbocycles. The predicted molar refractivity (Wildman–Crippen MR) is 90.8 cm³/mol. The minimum Gasteiger partial charge on any atom is -0.491 e. The molecule has 1 aromatic heterocycles. The molecule has 1 N–H and O–H groups in total. The maximum atomic E-state index is 5.67. The van der Waals surface area contributed by atoms with Crippen molar-refractivity contribution in [3.63, 3.8) is 0 Å². The van der Waals surface area contributed by atoms with Crippen LogP contribution in [0.25, 0.3) is 0 Å². The third-order valence-corrected chi connectivity index (χ3v) is 5.01. The number of ether oxygens (including phenoxy) is 2. The minimum absolute atomic E-state index is 0.0384. The Bertz CT molecular complexity index is 559. The minimum atomic E-state index is -0.0384. The van der Waals surface area contributed by atoms with Crippen molar-refractivity contribution in [2.24, 2.45) is 0 Å². The number of rotatable bonds is 6. The lowest BCUT2D eigenvalue weighted by molar-refractivity contribution is 0.146. The van der Waals surface area contributed by atoms with E-state index in [0.29, 0.717) is 13.2 Å². The van der Waals surface area contributed by atoms with E-state index in [-0.39, 0.29) is 5.54 Å². The molecule has 3 nitrogen and oxygen atoms in total. The fourth-order valence-electron chi connectivity index (χ4n) is 3.15. The van der Waals surface area contributed by atoms with Gasteiger partial charge in [-0.3, -0.25) is 0 Å². The van der Waals surface area contributed by atoms with Crippen molar-refractivity contribution in [2.75, 3.05) is 26.9 Å². The Kier molecular flexibility index (Phi) is 5.13. The summed E-state index contributed by atoms with van der Waals surface area (Å²) in [7, 11) is 1.69. The summed E-state index contributed by atoms with van der Waals surface area (Å²) in [6.45, 7) is 2.27. The molecular formula is C18H23NO2S. The summed E-state index contributed by atoms with van der Waals surface area (Å²) in [5.74, 6) is 0.900. The molecule has 118 valence electrons. The first-order valence-corrected chi connectivity index (χ1v) is 8.79. The standard InChI is InChI=1S/C18H23NO2S/c1-20-11-12-21-17-6-4-15(5-7-17)18(9-2-3-10-19-18)16-8-13-22-14-16/h4-8,13-14,19H,2-3,9-12H2,1H3. The van der Waals surface area contributed by atoms with E-state index < -0.39 is 0 Å². The lowest BCUT2D eigenvalue weighted by Crippen LogP contribution is -2.46. The summed E-state index contributed by atoms with van der Waals surface area (Å²) in [4.78, 5) is 0. The van der Waals surface area contributed by atoms with Gasteiger partial charge in [0.1, 0.15) is 12.4 Å². The van der Waals surface area contributed by atoms with E-state index in [2.05, 4.69) is 46.4 Å². The van der Waals surface area contributed by atoms with Gasteiger partial charge in [-0.25, -0.2) is 0 Å². The van der Waals surface area contributed by atoms with Crippen LogP contribution in [-0.4, -0.2) is 26.9 Å². The summed E-state index contributed by atoms with van der Waals surface area (Å²) in [5.41, 5.74) is 2.67. The fraction of sp³-hybridized carbons (Fsp3) is 0.444. The molecule has 1 fully saturated rings. The second-order valence-corrected chi connectivity index (χ2v) is 6.45. The normalized spacial score (nSPS) is 21.7. The van der Waals surface area contributed by atoms with Gasteiger partial charge in [0, 0.05) is 7.11 Å². The van der Waals surface area contributed by atoms with Gasteiger partial charge in [-0.2, -0.15) is 11.3 Å². The lowest BCUT2D eigenvalue weighted by Gasteiger charge is -2.39. The Morgan fingerprint density at radius 1 is 1.09 bits per heavy atom. The molecule has 2 heterocycles. The van der Waals surface area contributed by atoms with Crippen LogP contribution >= 0.6 is 11.3 Å². The zero-order valence-electron chi connectivity index (χ0n) is 13.0. The van der Waals surface area contributed by atoms with Gasteiger partial charge < -0.3 is 14.8 Å². The molecule has 1 aliphatic heterocycles. The SMILES string of the molecule is COCCOc1ccc(C2(c3ccsc3)CCCCN2)cc1. The number of thiophene rings is 1. The van der Waals surface area contributed by atoms with Gasteiger partial charge in [0.15, 0.2) is 0 Å². The third-order valence-electron chi connectivity index (χ3n) is 4.32. The van der Waals surface area contributed by atoms with Crippen molar-refractivity contribution in [1.82, 2.24) is 5.32 Å². The second kappa shape index (κ2) is 7.27. The second-order valence-electron chi connectivity index (χ2n) is 5.67. The van der Waals surface area contributed by atoms with Crippen LogP contribution in [0.2, 0.25) is 0 Å². The molecule has 1 atom stereocenters. The number of piperidine rings is 1. The first-order chi connectivity index (χ1) is 10.8. The number of hydrogen-bond acceptors (Lipinski definition) is 4. The molecule has 22 heavy (non-hydrogen) atoms. The van der Waals surface area contributed by atoms with Crippen molar-refractivity contribution in [3.8, 4) is 5.75 Å². The van der Waals surface area contributed by atoms with Gasteiger partial charge in [0.25, 0.3) is 0 Å². The predicted octanol–water partition coefficient (Wildman–Crippen LogP) is 3.79. The third kappa shape index (κ3) is 3.19. The number of nitrogens with one attached hydrogen (secondary N) is 1. The summed E-state index contributed by atoms with van der Waals surface area (Å²) in [6, 6.07) is 10.8. The number of benzene rings is 1. The van der Waals surface area contributed by atoms with Crippen LogP contribution in [0, 0.1) is 0 Å². The highest BCUT2D eigenvalue weighted by Gasteiger charge is 2.35. The highest BCUT2D eigenvalue weighted by molar-refractivity contribution is 7.08. The Morgan fingerprint density at radius 2 is 1.95 bits per heavy atom. The zero-order valence-corrected chi connectivity index (χ0v) is 13.8. The van der Waals surface area contributed by atoms with Gasteiger partial charge in [0.05, 0.1) is 12.1 Å². The average Bonchev–Trinajstić information content (AvgIpc) is 3.11. The highest BCUT2D eigenvalue weighted by atomic mass is 32.1. The average molecular weight is 317 g/mol. The molecule has 0 radical (unpaired) electrons. The van der Waals surface area contributed by atoms with Crippen LogP contribution in [0.1, 0.15) is 30.4 Å². The molecule has 1 saturated heterocycles. The van der Waals surface area contributed by atoms with Crippen LogP contribution in [0.15, 0.2) is 41.1 Å². The summed E-state index contributed by atoms with van der Waals surface area (Å²) in [6.07, 6.45) is 3.66. The molecule has 1 aliphatic rings. The van der Waals surface area contributed by atoms with Gasteiger partial charge in [-0.05, 0) is 65.9 Å². The maximum absolute atomic E-state index is 5.67. The monoisotopic (exact) mass is 317 g/mol. The van der Waals surface area contributed by atoms with Gasteiger partial charge >= 0.3 is 0 Å². The Labute approximate surface area is 136 Å². The van der Waals surface area contributed by atoms with Crippen molar-refractivity contribution in [2.45, 2.75) is 24.8 Å². The Morgan fingerprint density at radius 3 is 2.59 bits per heavy atom. The van der Waals surface area contributed by atoms with E-state index in [1.165, 1.54) is 24.0 Å².